The minimum absolute atomic E-state index is 0.487. The number of hydrogen-bond donors (Lipinski definition) is 2. The van der Waals surface area contributed by atoms with E-state index in [4.69, 9.17) is 9.64 Å². The van der Waals surface area contributed by atoms with Crippen LogP contribution < -0.4 is 10.8 Å². The van der Waals surface area contributed by atoms with Crippen molar-refractivity contribution in [3.8, 4) is 0 Å². The molecule has 0 spiro atoms. The Morgan fingerprint density at radius 2 is 1.89 bits per heavy atom. The summed E-state index contributed by atoms with van der Waals surface area (Å²) < 4.78 is 5.92. The van der Waals surface area contributed by atoms with Gasteiger partial charge in [0.25, 0.3) is 0 Å². The lowest BCUT2D eigenvalue weighted by atomic mass is 9.81. The number of aromatic nitrogens is 2. The number of rotatable bonds is 7. The molecule has 1 aliphatic carbocycles. The molecule has 2 N–H and O–H groups in total. The Kier molecular flexibility index (Phi) is 6.30. The second kappa shape index (κ2) is 8.38. The number of fused-ring (bicyclic) bond motifs is 1. The van der Waals surface area contributed by atoms with Crippen LogP contribution >= 0.6 is 0 Å². The third-order valence-electron chi connectivity index (χ3n) is 6.07. The minimum atomic E-state index is -0.948. The van der Waals surface area contributed by atoms with Crippen molar-refractivity contribution in [3.63, 3.8) is 0 Å². The Hall–Kier alpha value is -1.66. The van der Waals surface area contributed by atoms with E-state index in [1.807, 2.05) is 26.1 Å². The minimum Gasteiger partial charge on any atom is -0.427 e. The molecular weight excluding hydrogens is 349 g/mol. The van der Waals surface area contributed by atoms with Crippen LogP contribution in [0.1, 0.15) is 72.3 Å². The van der Waals surface area contributed by atoms with Gasteiger partial charge in [-0.15, -0.1) is 0 Å². The van der Waals surface area contributed by atoms with E-state index in [0.29, 0.717) is 6.04 Å². The highest BCUT2D eigenvalue weighted by atomic mass is 16.5. The molecule has 0 atom stereocenters. The first-order valence-corrected chi connectivity index (χ1v) is 10.5. The number of aryl methyl sites for hydroxylation is 1. The standard InChI is InChI=1S/C22H33BN3O2/c1-6-15-12-17(23-28-22(4,5)21(2,3)27)13-16-14-24-20(26-19(15)16)25-18-10-8-7-9-11-18/h12-14,18,27H,6-11H2,1-5H3,(H,24,25,26). The van der Waals surface area contributed by atoms with Gasteiger partial charge in [-0.05, 0) is 52.5 Å². The molecule has 0 amide bonds. The van der Waals surface area contributed by atoms with Crippen molar-refractivity contribution in [2.75, 3.05) is 5.32 Å². The fourth-order valence-corrected chi connectivity index (χ4v) is 3.44. The molecule has 6 heteroatoms. The summed E-state index contributed by atoms with van der Waals surface area (Å²) in [7, 11) is 1.73. The van der Waals surface area contributed by atoms with E-state index >= 15 is 0 Å². The lowest BCUT2D eigenvalue weighted by molar-refractivity contribution is -0.0893. The fraction of sp³-hybridized carbons (Fsp3) is 0.636. The highest BCUT2D eigenvalue weighted by Gasteiger charge is 2.35. The molecule has 3 rings (SSSR count). The predicted octanol–water partition coefficient (Wildman–Crippen LogP) is 3.75. The molecule has 1 aromatic carbocycles. The van der Waals surface area contributed by atoms with E-state index < -0.39 is 11.2 Å². The van der Waals surface area contributed by atoms with Crippen molar-refractivity contribution in [1.82, 2.24) is 9.97 Å². The maximum absolute atomic E-state index is 10.3. The average Bonchev–Trinajstić information content (AvgIpc) is 2.66. The lowest BCUT2D eigenvalue weighted by Gasteiger charge is -2.37. The van der Waals surface area contributed by atoms with Crippen LogP contribution in [0.15, 0.2) is 18.3 Å². The molecule has 0 aliphatic heterocycles. The summed E-state index contributed by atoms with van der Waals surface area (Å²) in [6, 6.07) is 4.64. The molecule has 1 aromatic heterocycles. The number of hydrogen-bond acceptors (Lipinski definition) is 5. The summed E-state index contributed by atoms with van der Waals surface area (Å²) in [6.07, 6.45) is 9.08. The van der Waals surface area contributed by atoms with Crippen molar-refractivity contribution < 1.29 is 9.76 Å². The second-order valence-corrected chi connectivity index (χ2v) is 8.95. The molecule has 0 bridgehead atoms. The van der Waals surface area contributed by atoms with Gasteiger partial charge in [0.2, 0.25) is 5.95 Å². The van der Waals surface area contributed by atoms with Crippen molar-refractivity contribution >= 4 is 29.8 Å². The summed E-state index contributed by atoms with van der Waals surface area (Å²) in [5.41, 5.74) is 1.48. The summed E-state index contributed by atoms with van der Waals surface area (Å²) in [6.45, 7) is 9.42. The molecule has 5 nitrogen and oxygen atoms in total. The molecule has 1 radical (unpaired) electrons. The topological polar surface area (TPSA) is 67.3 Å². The third-order valence-corrected chi connectivity index (χ3v) is 6.07. The maximum atomic E-state index is 10.3. The zero-order valence-corrected chi connectivity index (χ0v) is 17.9. The van der Waals surface area contributed by atoms with Gasteiger partial charge in [-0.2, -0.15) is 0 Å². The van der Waals surface area contributed by atoms with Gasteiger partial charge in [0.15, 0.2) is 0 Å². The number of nitrogens with one attached hydrogen (secondary N) is 1. The van der Waals surface area contributed by atoms with E-state index in [9.17, 15) is 5.11 Å². The molecule has 151 valence electrons. The number of benzene rings is 1. The first kappa shape index (κ1) is 21.1. The molecule has 28 heavy (non-hydrogen) atoms. The lowest BCUT2D eigenvalue weighted by Crippen LogP contribution is -2.49. The van der Waals surface area contributed by atoms with Crippen molar-refractivity contribution in [1.29, 1.82) is 0 Å². The molecule has 0 unspecified atom stereocenters. The van der Waals surface area contributed by atoms with Crippen molar-refractivity contribution in [2.24, 2.45) is 0 Å². The Morgan fingerprint density at radius 3 is 2.54 bits per heavy atom. The largest absolute Gasteiger partial charge is 0.427 e. The summed E-state index contributed by atoms with van der Waals surface area (Å²) in [5, 5.41) is 14.8. The molecule has 2 aromatic rings. The fourth-order valence-electron chi connectivity index (χ4n) is 3.44. The van der Waals surface area contributed by atoms with Gasteiger partial charge in [-0.3, -0.25) is 0 Å². The van der Waals surface area contributed by atoms with Crippen LogP contribution in [0.2, 0.25) is 0 Å². The number of nitrogens with zero attached hydrogens (tertiary/aromatic N) is 2. The summed E-state index contributed by atoms with van der Waals surface area (Å²) in [5.74, 6) is 0.727. The van der Waals surface area contributed by atoms with Crippen LogP contribution in [0.5, 0.6) is 0 Å². The van der Waals surface area contributed by atoms with Crippen LogP contribution in [0.4, 0.5) is 5.95 Å². The molecular formula is C22H33BN3O2. The van der Waals surface area contributed by atoms with E-state index in [2.05, 4.69) is 23.3 Å². The predicted molar refractivity (Wildman–Crippen MR) is 116 cm³/mol. The van der Waals surface area contributed by atoms with Crippen molar-refractivity contribution in [3.05, 3.63) is 23.9 Å². The zero-order chi connectivity index (χ0) is 20.4. The monoisotopic (exact) mass is 382 g/mol. The number of aliphatic hydroxyl groups is 1. The van der Waals surface area contributed by atoms with Gasteiger partial charge in [0, 0.05) is 17.6 Å². The van der Waals surface area contributed by atoms with Crippen LogP contribution in [0.25, 0.3) is 10.9 Å². The SMILES string of the molecule is CCc1cc([B]OC(C)(C)C(C)(C)O)cc2cnc(NC3CCCCC3)nc12. The Morgan fingerprint density at radius 1 is 1.18 bits per heavy atom. The van der Waals surface area contributed by atoms with E-state index in [1.54, 1.807) is 21.3 Å². The van der Waals surface area contributed by atoms with Gasteiger partial charge in [0.1, 0.15) is 0 Å². The van der Waals surface area contributed by atoms with Gasteiger partial charge in [-0.1, -0.05) is 43.8 Å². The molecule has 1 aliphatic rings. The van der Waals surface area contributed by atoms with Crippen LogP contribution in [0, 0.1) is 0 Å². The summed E-state index contributed by atoms with van der Waals surface area (Å²) in [4.78, 5) is 9.36. The van der Waals surface area contributed by atoms with E-state index in [1.165, 1.54) is 37.7 Å². The van der Waals surface area contributed by atoms with Gasteiger partial charge in [-0.25, -0.2) is 9.97 Å². The highest BCUT2D eigenvalue weighted by Crippen LogP contribution is 2.25. The average molecular weight is 382 g/mol. The highest BCUT2D eigenvalue weighted by molar-refractivity contribution is 6.47. The number of anilines is 1. The second-order valence-electron chi connectivity index (χ2n) is 8.95. The molecule has 1 heterocycles. The van der Waals surface area contributed by atoms with Crippen molar-refractivity contribution in [2.45, 2.75) is 90.4 Å². The molecule has 0 saturated heterocycles. The zero-order valence-electron chi connectivity index (χ0n) is 17.9. The Balaban J connectivity index is 1.80. The van der Waals surface area contributed by atoms with Gasteiger partial charge >= 0.3 is 7.48 Å². The van der Waals surface area contributed by atoms with E-state index in [0.717, 1.165) is 28.7 Å². The molecule has 1 saturated carbocycles. The van der Waals surface area contributed by atoms with Crippen LogP contribution in [0.3, 0.4) is 0 Å². The van der Waals surface area contributed by atoms with Crippen LogP contribution in [-0.4, -0.2) is 39.8 Å². The first-order chi connectivity index (χ1) is 13.2. The van der Waals surface area contributed by atoms with Gasteiger partial charge in [0.05, 0.1) is 16.7 Å². The third kappa shape index (κ3) is 4.84. The maximum Gasteiger partial charge on any atom is 0.330 e. The smallest absolute Gasteiger partial charge is 0.330 e. The normalized spacial score (nSPS) is 16.4. The van der Waals surface area contributed by atoms with E-state index in [-0.39, 0.29) is 0 Å². The molecule has 1 fully saturated rings. The Bertz CT molecular complexity index is 811. The summed E-state index contributed by atoms with van der Waals surface area (Å²) >= 11 is 0. The first-order valence-electron chi connectivity index (χ1n) is 10.5. The van der Waals surface area contributed by atoms with Crippen LogP contribution in [-0.2, 0) is 11.1 Å². The van der Waals surface area contributed by atoms with Gasteiger partial charge < -0.3 is 15.1 Å². The quantitative estimate of drug-likeness (QED) is 0.714. The Labute approximate surface area is 169 Å².